The Labute approximate surface area is 113 Å². The Hall–Kier alpha value is -0.120. The van der Waals surface area contributed by atoms with E-state index in [2.05, 4.69) is 31.0 Å². The number of methoxy groups -OCH3 is 1. The third kappa shape index (κ3) is 6.72. The van der Waals surface area contributed by atoms with E-state index in [1.54, 1.807) is 7.11 Å². The average Bonchev–Trinajstić information content (AvgIpc) is 3.15. The van der Waals surface area contributed by atoms with Gasteiger partial charge in [-0.1, -0.05) is 13.8 Å². The Morgan fingerprint density at radius 3 is 2.44 bits per heavy atom. The van der Waals surface area contributed by atoms with Gasteiger partial charge in [0.05, 0.1) is 6.61 Å². The number of unbranched alkanes of at least 4 members (excludes halogenated alkanes) is 1. The Morgan fingerprint density at radius 2 is 1.89 bits per heavy atom. The van der Waals surface area contributed by atoms with Crippen LogP contribution in [0.4, 0.5) is 0 Å². The van der Waals surface area contributed by atoms with Crippen LogP contribution in [-0.4, -0.2) is 50.3 Å². The lowest BCUT2D eigenvalue weighted by Crippen LogP contribution is -2.38. The second kappa shape index (κ2) is 8.89. The van der Waals surface area contributed by atoms with Gasteiger partial charge in [0.2, 0.25) is 0 Å². The first-order chi connectivity index (χ1) is 8.65. The molecule has 0 aliphatic heterocycles. The summed E-state index contributed by atoms with van der Waals surface area (Å²) in [6.45, 7) is 11.1. The molecule has 0 amide bonds. The molecular formula is C15H32N2O. The molecule has 0 spiro atoms. The summed E-state index contributed by atoms with van der Waals surface area (Å²) in [5, 5.41) is 3.48. The zero-order valence-corrected chi connectivity index (χ0v) is 12.7. The molecule has 3 heteroatoms. The van der Waals surface area contributed by atoms with Gasteiger partial charge in [0.15, 0.2) is 0 Å². The van der Waals surface area contributed by atoms with E-state index in [0.29, 0.717) is 6.04 Å². The van der Waals surface area contributed by atoms with Crippen LogP contribution in [0.15, 0.2) is 0 Å². The molecule has 0 bridgehead atoms. The zero-order chi connectivity index (χ0) is 13.4. The van der Waals surface area contributed by atoms with Gasteiger partial charge in [0.1, 0.15) is 0 Å². The molecule has 3 nitrogen and oxygen atoms in total. The van der Waals surface area contributed by atoms with E-state index >= 15 is 0 Å². The molecule has 1 saturated carbocycles. The highest BCUT2D eigenvalue weighted by Gasteiger charge is 2.31. The Kier molecular flexibility index (Phi) is 7.87. The summed E-state index contributed by atoms with van der Waals surface area (Å²) in [5.74, 6) is 0.954. The number of hydrogen-bond acceptors (Lipinski definition) is 3. The first-order valence-electron chi connectivity index (χ1n) is 7.61. The number of nitrogens with zero attached hydrogens (tertiary/aromatic N) is 1. The van der Waals surface area contributed by atoms with E-state index in [9.17, 15) is 0 Å². The summed E-state index contributed by atoms with van der Waals surface area (Å²) in [7, 11) is 1.80. The maximum Gasteiger partial charge on any atom is 0.0589 e. The zero-order valence-electron chi connectivity index (χ0n) is 12.7. The predicted molar refractivity (Wildman–Crippen MR) is 78.0 cm³/mol. The van der Waals surface area contributed by atoms with E-state index in [0.717, 1.165) is 31.7 Å². The molecule has 1 fully saturated rings. The van der Waals surface area contributed by atoms with Crippen LogP contribution in [0.1, 0.15) is 46.5 Å². The van der Waals surface area contributed by atoms with Crippen LogP contribution in [-0.2, 0) is 4.74 Å². The fraction of sp³-hybridized carbons (Fsp3) is 1.00. The maximum absolute atomic E-state index is 5.23. The van der Waals surface area contributed by atoms with Gasteiger partial charge in [-0.25, -0.2) is 0 Å². The smallest absolute Gasteiger partial charge is 0.0589 e. The molecule has 0 aromatic carbocycles. The van der Waals surface area contributed by atoms with Crippen molar-refractivity contribution in [2.45, 2.75) is 58.5 Å². The minimum Gasteiger partial charge on any atom is -0.383 e. The van der Waals surface area contributed by atoms with Gasteiger partial charge in [-0.15, -0.1) is 0 Å². The third-order valence-corrected chi connectivity index (χ3v) is 3.89. The first-order valence-corrected chi connectivity index (χ1v) is 7.61. The number of nitrogens with one attached hydrogen (secondary N) is 1. The van der Waals surface area contributed by atoms with Crippen molar-refractivity contribution in [2.75, 3.05) is 33.4 Å². The minimum atomic E-state index is 0.611. The first kappa shape index (κ1) is 15.9. The molecule has 0 aromatic rings. The van der Waals surface area contributed by atoms with Gasteiger partial charge >= 0.3 is 0 Å². The van der Waals surface area contributed by atoms with Crippen molar-refractivity contribution >= 4 is 0 Å². The van der Waals surface area contributed by atoms with E-state index < -0.39 is 0 Å². The molecule has 18 heavy (non-hydrogen) atoms. The highest BCUT2D eigenvalue weighted by atomic mass is 16.5. The molecule has 108 valence electrons. The molecule has 1 unspecified atom stereocenters. The van der Waals surface area contributed by atoms with Crippen molar-refractivity contribution in [3.63, 3.8) is 0 Å². The summed E-state index contributed by atoms with van der Waals surface area (Å²) in [6.07, 6.45) is 5.43. The van der Waals surface area contributed by atoms with Crippen LogP contribution in [0.25, 0.3) is 0 Å². The number of hydrogen-bond donors (Lipinski definition) is 1. The largest absolute Gasteiger partial charge is 0.383 e. The molecule has 1 aliphatic carbocycles. The number of rotatable bonds is 11. The van der Waals surface area contributed by atoms with Crippen molar-refractivity contribution in [3.8, 4) is 0 Å². The lowest BCUT2D eigenvalue weighted by atomic mass is 10.1. The van der Waals surface area contributed by atoms with Crippen LogP contribution in [0.2, 0.25) is 0 Å². The van der Waals surface area contributed by atoms with Gasteiger partial charge in [0, 0.05) is 25.7 Å². The normalized spacial score (nSPS) is 17.7. The van der Waals surface area contributed by atoms with Crippen molar-refractivity contribution < 1.29 is 4.74 Å². The quantitative estimate of drug-likeness (QED) is 0.575. The molecule has 0 aromatic heterocycles. The van der Waals surface area contributed by atoms with E-state index in [1.807, 2.05) is 0 Å². The van der Waals surface area contributed by atoms with Crippen LogP contribution in [0.3, 0.4) is 0 Å². The van der Waals surface area contributed by atoms with Crippen molar-refractivity contribution in [2.24, 2.45) is 5.92 Å². The summed E-state index contributed by atoms with van der Waals surface area (Å²) < 4.78 is 5.23. The summed E-state index contributed by atoms with van der Waals surface area (Å²) >= 11 is 0. The minimum absolute atomic E-state index is 0.611. The van der Waals surface area contributed by atoms with Crippen molar-refractivity contribution in [3.05, 3.63) is 0 Å². The highest BCUT2D eigenvalue weighted by molar-refractivity contribution is 4.85. The van der Waals surface area contributed by atoms with Crippen LogP contribution >= 0.6 is 0 Å². The van der Waals surface area contributed by atoms with E-state index in [1.165, 1.54) is 32.2 Å². The van der Waals surface area contributed by atoms with E-state index in [-0.39, 0.29) is 0 Å². The van der Waals surface area contributed by atoms with Gasteiger partial charge in [-0.05, 0) is 51.6 Å². The van der Waals surface area contributed by atoms with Crippen molar-refractivity contribution in [1.29, 1.82) is 0 Å². The second-order valence-electron chi connectivity index (χ2n) is 5.92. The molecule has 1 rings (SSSR count). The van der Waals surface area contributed by atoms with Gasteiger partial charge in [0.25, 0.3) is 0 Å². The molecule has 1 atom stereocenters. The predicted octanol–water partition coefficient (Wildman–Crippen LogP) is 2.51. The summed E-state index contributed by atoms with van der Waals surface area (Å²) in [4.78, 5) is 2.62. The topological polar surface area (TPSA) is 24.5 Å². The lowest BCUT2D eigenvalue weighted by Gasteiger charge is -2.29. The second-order valence-corrected chi connectivity index (χ2v) is 5.92. The Morgan fingerprint density at radius 1 is 1.17 bits per heavy atom. The monoisotopic (exact) mass is 256 g/mol. The van der Waals surface area contributed by atoms with Crippen LogP contribution in [0, 0.1) is 5.92 Å². The summed E-state index contributed by atoms with van der Waals surface area (Å²) in [5.41, 5.74) is 0. The fourth-order valence-electron chi connectivity index (χ4n) is 2.44. The number of ether oxygens (including phenoxy) is 1. The van der Waals surface area contributed by atoms with Crippen LogP contribution < -0.4 is 5.32 Å². The maximum atomic E-state index is 5.23. The standard InChI is InChI=1S/C15H32N2O/c1-13(2)16-9-5-6-10-17(11-12-18-4)14(3)15-7-8-15/h13-16H,5-12H2,1-4H3. The van der Waals surface area contributed by atoms with Crippen LogP contribution in [0.5, 0.6) is 0 Å². The summed E-state index contributed by atoms with van der Waals surface area (Å²) in [6, 6.07) is 1.36. The van der Waals surface area contributed by atoms with Crippen molar-refractivity contribution in [1.82, 2.24) is 10.2 Å². The van der Waals surface area contributed by atoms with Gasteiger partial charge < -0.3 is 10.1 Å². The molecule has 1 aliphatic rings. The van der Waals surface area contributed by atoms with E-state index in [4.69, 9.17) is 4.74 Å². The SMILES string of the molecule is COCCN(CCCCNC(C)C)C(C)C1CC1. The lowest BCUT2D eigenvalue weighted by molar-refractivity contribution is 0.115. The average molecular weight is 256 g/mol. The molecule has 1 N–H and O–H groups in total. The van der Waals surface area contributed by atoms with Gasteiger partial charge in [-0.2, -0.15) is 0 Å². The Balaban J connectivity index is 2.14. The molecule has 0 radical (unpaired) electrons. The Bertz CT molecular complexity index is 205. The van der Waals surface area contributed by atoms with Gasteiger partial charge in [-0.3, -0.25) is 4.90 Å². The molecular weight excluding hydrogens is 224 g/mol. The highest BCUT2D eigenvalue weighted by Crippen LogP contribution is 2.35. The fourth-order valence-corrected chi connectivity index (χ4v) is 2.44. The third-order valence-electron chi connectivity index (χ3n) is 3.89. The molecule has 0 heterocycles. The molecule has 0 saturated heterocycles.